The van der Waals surface area contributed by atoms with Crippen LogP contribution in [-0.2, 0) is 6.54 Å². The largest absolute Gasteiger partial charge is 0.356 e. The van der Waals surface area contributed by atoms with Crippen molar-refractivity contribution in [1.82, 2.24) is 9.97 Å². The predicted molar refractivity (Wildman–Crippen MR) is 58.1 cm³/mol. The molecular weight excluding hydrogens is 176 g/mol. The van der Waals surface area contributed by atoms with Crippen molar-refractivity contribution in [2.45, 2.75) is 26.8 Å². The Labute approximate surface area is 85.2 Å². The smallest absolute Gasteiger partial charge is 0.147 e. The predicted octanol–water partition coefficient (Wildman–Crippen LogP) is 1.17. The monoisotopic (exact) mass is 194 g/mol. The van der Waals surface area contributed by atoms with E-state index in [1.165, 1.54) is 0 Å². The van der Waals surface area contributed by atoms with Gasteiger partial charge in [0.05, 0.1) is 11.9 Å². The van der Waals surface area contributed by atoms with Crippen LogP contribution in [0.4, 0.5) is 5.82 Å². The number of aromatic nitrogens is 2. The first-order chi connectivity index (χ1) is 6.81. The Bertz CT molecular complexity index is 275. The van der Waals surface area contributed by atoms with Crippen molar-refractivity contribution in [1.29, 1.82) is 0 Å². The van der Waals surface area contributed by atoms with E-state index in [4.69, 9.17) is 5.73 Å². The fraction of sp³-hybridized carbons (Fsp3) is 0.600. The first kappa shape index (κ1) is 10.9. The van der Waals surface area contributed by atoms with Gasteiger partial charge in [-0.25, -0.2) is 4.98 Å². The third-order valence-electron chi connectivity index (χ3n) is 2.08. The van der Waals surface area contributed by atoms with Crippen LogP contribution in [0.3, 0.4) is 0 Å². The highest BCUT2D eigenvalue weighted by Gasteiger charge is 2.04. The third-order valence-corrected chi connectivity index (χ3v) is 2.08. The molecule has 0 bridgehead atoms. The van der Waals surface area contributed by atoms with Crippen molar-refractivity contribution in [3.05, 3.63) is 18.1 Å². The van der Waals surface area contributed by atoms with E-state index < -0.39 is 0 Å². The van der Waals surface area contributed by atoms with Crippen LogP contribution >= 0.6 is 0 Å². The second-order valence-corrected chi connectivity index (χ2v) is 3.15. The minimum Gasteiger partial charge on any atom is -0.356 e. The summed E-state index contributed by atoms with van der Waals surface area (Å²) in [5, 5.41) is 0. The minimum atomic E-state index is 0.449. The van der Waals surface area contributed by atoms with Crippen LogP contribution in [0.25, 0.3) is 0 Å². The second kappa shape index (κ2) is 5.54. The van der Waals surface area contributed by atoms with Gasteiger partial charge in [0, 0.05) is 25.8 Å². The highest BCUT2D eigenvalue weighted by Crippen LogP contribution is 2.09. The molecule has 0 aromatic carbocycles. The molecule has 4 heteroatoms. The second-order valence-electron chi connectivity index (χ2n) is 3.15. The van der Waals surface area contributed by atoms with Gasteiger partial charge in [-0.15, -0.1) is 0 Å². The lowest BCUT2D eigenvalue weighted by atomic mass is 10.4. The van der Waals surface area contributed by atoms with Gasteiger partial charge in [-0.2, -0.15) is 0 Å². The van der Waals surface area contributed by atoms with E-state index in [2.05, 4.69) is 28.7 Å². The van der Waals surface area contributed by atoms with Crippen LogP contribution in [0.15, 0.2) is 12.4 Å². The van der Waals surface area contributed by atoms with Crippen molar-refractivity contribution in [2.24, 2.45) is 5.73 Å². The summed E-state index contributed by atoms with van der Waals surface area (Å²) in [6, 6.07) is 0. The molecule has 1 aromatic heterocycles. The molecule has 0 aliphatic heterocycles. The Hall–Kier alpha value is -1.16. The zero-order valence-corrected chi connectivity index (χ0v) is 8.90. The normalized spacial score (nSPS) is 10.2. The van der Waals surface area contributed by atoms with Gasteiger partial charge >= 0.3 is 0 Å². The minimum absolute atomic E-state index is 0.449. The van der Waals surface area contributed by atoms with E-state index >= 15 is 0 Å². The van der Waals surface area contributed by atoms with Crippen LogP contribution in [0.5, 0.6) is 0 Å². The maximum absolute atomic E-state index is 5.51. The van der Waals surface area contributed by atoms with E-state index in [-0.39, 0.29) is 0 Å². The molecule has 0 unspecified atom stereocenters. The summed E-state index contributed by atoms with van der Waals surface area (Å²) in [4.78, 5) is 10.7. The maximum atomic E-state index is 5.51. The molecule has 0 saturated carbocycles. The van der Waals surface area contributed by atoms with Crippen molar-refractivity contribution in [2.75, 3.05) is 18.0 Å². The Morgan fingerprint density at radius 2 is 2.14 bits per heavy atom. The third kappa shape index (κ3) is 2.67. The summed E-state index contributed by atoms with van der Waals surface area (Å²) >= 11 is 0. The molecule has 0 radical (unpaired) electrons. The Balaban J connectivity index is 2.80. The van der Waals surface area contributed by atoms with Gasteiger partial charge in [0.25, 0.3) is 0 Å². The summed E-state index contributed by atoms with van der Waals surface area (Å²) in [5.74, 6) is 0.928. The fourth-order valence-corrected chi connectivity index (χ4v) is 1.35. The average molecular weight is 194 g/mol. The molecular formula is C10H18N4. The van der Waals surface area contributed by atoms with Crippen LogP contribution < -0.4 is 10.6 Å². The van der Waals surface area contributed by atoms with Crippen LogP contribution in [0.2, 0.25) is 0 Å². The molecule has 0 amide bonds. The molecule has 0 atom stereocenters. The number of hydrogen-bond donors (Lipinski definition) is 1. The standard InChI is InChI=1S/C10H18N4/c1-3-5-14(4-2)10-8-12-7-9(6-11)13-10/h7-8H,3-6,11H2,1-2H3. The SMILES string of the molecule is CCCN(CC)c1cncc(CN)n1. The van der Waals surface area contributed by atoms with E-state index in [0.717, 1.165) is 31.0 Å². The van der Waals surface area contributed by atoms with Gasteiger partial charge in [-0.1, -0.05) is 6.92 Å². The Kier molecular flexibility index (Phi) is 4.32. The molecule has 78 valence electrons. The van der Waals surface area contributed by atoms with Gasteiger partial charge in [0.2, 0.25) is 0 Å². The molecule has 0 spiro atoms. The first-order valence-electron chi connectivity index (χ1n) is 5.07. The average Bonchev–Trinajstić information content (AvgIpc) is 2.26. The van der Waals surface area contributed by atoms with Crippen LogP contribution in [0, 0.1) is 0 Å². The number of hydrogen-bond acceptors (Lipinski definition) is 4. The summed E-state index contributed by atoms with van der Waals surface area (Å²) in [5.41, 5.74) is 6.36. The molecule has 0 saturated heterocycles. The number of nitrogens with two attached hydrogens (primary N) is 1. The van der Waals surface area contributed by atoms with Crippen molar-refractivity contribution in [3.8, 4) is 0 Å². The van der Waals surface area contributed by atoms with E-state index in [1.807, 2.05) is 0 Å². The summed E-state index contributed by atoms with van der Waals surface area (Å²) < 4.78 is 0. The zero-order chi connectivity index (χ0) is 10.4. The van der Waals surface area contributed by atoms with Crippen LogP contribution in [-0.4, -0.2) is 23.1 Å². The number of rotatable bonds is 5. The van der Waals surface area contributed by atoms with Crippen molar-refractivity contribution < 1.29 is 0 Å². The van der Waals surface area contributed by atoms with Crippen molar-refractivity contribution >= 4 is 5.82 Å². The Morgan fingerprint density at radius 3 is 2.71 bits per heavy atom. The van der Waals surface area contributed by atoms with Crippen molar-refractivity contribution in [3.63, 3.8) is 0 Å². The quantitative estimate of drug-likeness (QED) is 0.764. The van der Waals surface area contributed by atoms with E-state index in [9.17, 15) is 0 Å². The van der Waals surface area contributed by atoms with E-state index in [0.29, 0.717) is 6.54 Å². The van der Waals surface area contributed by atoms with E-state index in [1.54, 1.807) is 12.4 Å². The van der Waals surface area contributed by atoms with Gasteiger partial charge in [0.1, 0.15) is 5.82 Å². The number of anilines is 1. The highest BCUT2D eigenvalue weighted by atomic mass is 15.2. The molecule has 4 nitrogen and oxygen atoms in total. The summed E-state index contributed by atoms with van der Waals surface area (Å²) in [6.45, 7) is 6.69. The Morgan fingerprint density at radius 1 is 1.36 bits per heavy atom. The maximum Gasteiger partial charge on any atom is 0.147 e. The number of nitrogens with zero attached hydrogens (tertiary/aromatic N) is 3. The molecule has 0 fully saturated rings. The highest BCUT2D eigenvalue weighted by molar-refractivity contribution is 5.35. The lowest BCUT2D eigenvalue weighted by molar-refractivity contribution is 0.768. The summed E-state index contributed by atoms with van der Waals surface area (Å²) in [6.07, 6.45) is 4.62. The van der Waals surface area contributed by atoms with Gasteiger partial charge in [-0.05, 0) is 13.3 Å². The molecule has 0 aliphatic carbocycles. The molecule has 14 heavy (non-hydrogen) atoms. The molecule has 2 N–H and O–H groups in total. The van der Waals surface area contributed by atoms with Gasteiger partial charge in [-0.3, -0.25) is 4.98 Å². The lowest BCUT2D eigenvalue weighted by Crippen LogP contribution is -2.25. The van der Waals surface area contributed by atoms with Gasteiger partial charge < -0.3 is 10.6 Å². The molecule has 1 rings (SSSR count). The molecule has 0 aliphatic rings. The van der Waals surface area contributed by atoms with Crippen LogP contribution in [0.1, 0.15) is 26.0 Å². The zero-order valence-electron chi connectivity index (χ0n) is 8.90. The van der Waals surface area contributed by atoms with Gasteiger partial charge in [0.15, 0.2) is 0 Å². The fourth-order valence-electron chi connectivity index (χ4n) is 1.35. The topological polar surface area (TPSA) is 55.0 Å². The molecule has 1 heterocycles. The first-order valence-corrected chi connectivity index (χ1v) is 5.07. The summed E-state index contributed by atoms with van der Waals surface area (Å²) in [7, 11) is 0. The lowest BCUT2D eigenvalue weighted by Gasteiger charge is -2.20. The molecule has 1 aromatic rings.